The molecule has 1 nitrogen and oxygen atoms in total. The number of rotatable bonds is 7. The number of nitrogens with zero attached hydrogens (tertiary/aromatic N) is 1. The zero-order valence-electron chi connectivity index (χ0n) is 28.4. The molecule has 0 atom stereocenters. The molecule has 0 aliphatic carbocycles. The van der Waals surface area contributed by atoms with Crippen molar-refractivity contribution in [1.29, 1.82) is 0 Å². The zero-order chi connectivity index (χ0) is 34.3. The summed E-state index contributed by atoms with van der Waals surface area (Å²) < 4.78 is 2.43. The average molecular weight is 670 g/mol. The Labute approximate surface area is 302 Å². The van der Waals surface area contributed by atoms with E-state index in [1.54, 1.807) is 0 Å². The standard InChI is InChI=1S/C49H35NS/c1-3-4-7-18-33(2)46-47(35-21-10-6-11-22-35)49(50-32-44(34-19-8-5-9-20-34)42-27-16-17-28-45(42)50)51-48(46)36-29-30-41-39-25-13-12-23-37(39)38-24-14-15-26-40(38)43(41)31-36/h3-32H,1H2,2H3/b7-4-,33-18+. The molecule has 2 heterocycles. The van der Waals surface area contributed by atoms with Gasteiger partial charge in [-0.2, -0.15) is 0 Å². The lowest BCUT2D eigenvalue weighted by atomic mass is 9.91. The molecular weight excluding hydrogens is 635 g/mol. The van der Waals surface area contributed by atoms with Crippen LogP contribution in [0, 0.1) is 0 Å². The van der Waals surface area contributed by atoms with E-state index in [-0.39, 0.29) is 0 Å². The molecule has 0 aliphatic heterocycles. The summed E-state index contributed by atoms with van der Waals surface area (Å²) in [7, 11) is 0. The third-order valence-corrected chi connectivity index (χ3v) is 11.2. The molecule has 0 unspecified atom stereocenters. The summed E-state index contributed by atoms with van der Waals surface area (Å²) in [6, 6.07) is 55.1. The second-order valence-corrected chi connectivity index (χ2v) is 14.0. The Morgan fingerprint density at radius 3 is 1.75 bits per heavy atom. The molecule has 0 saturated heterocycles. The monoisotopic (exact) mass is 669 g/mol. The Morgan fingerprint density at radius 2 is 1.10 bits per heavy atom. The molecule has 0 amide bonds. The lowest BCUT2D eigenvalue weighted by molar-refractivity contribution is 1.17. The number of allylic oxidation sites excluding steroid dienone is 5. The highest BCUT2D eigenvalue weighted by Gasteiger charge is 2.25. The lowest BCUT2D eigenvalue weighted by Crippen LogP contribution is -1.93. The molecule has 0 spiro atoms. The van der Waals surface area contributed by atoms with Crippen molar-refractivity contribution in [2.24, 2.45) is 0 Å². The van der Waals surface area contributed by atoms with E-state index in [9.17, 15) is 0 Å². The number of hydrogen-bond acceptors (Lipinski definition) is 1. The van der Waals surface area contributed by atoms with Crippen molar-refractivity contribution < 1.29 is 0 Å². The van der Waals surface area contributed by atoms with Gasteiger partial charge in [0.2, 0.25) is 0 Å². The summed E-state index contributed by atoms with van der Waals surface area (Å²) in [5.41, 5.74) is 9.73. The molecule has 0 N–H and O–H groups in total. The quantitative estimate of drug-likeness (QED) is 0.118. The SMILES string of the molecule is C=C/C=C\C=C(/C)c1c(-c2ccc3c4ccccc4c4ccccc4c3c2)sc(-n2cc(-c3ccccc3)c3ccccc32)c1-c1ccccc1. The number of thiophene rings is 1. The van der Waals surface area contributed by atoms with Crippen LogP contribution in [0.3, 0.4) is 0 Å². The molecule has 51 heavy (non-hydrogen) atoms. The van der Waals surface area contributed by atoms with E-state index in [0.717, 1.165) is 0 Å². The van der Waals surface area contributed by atoms with Gasteiger partial charge in [-0.05, 0) is 73.6 Å². The summed E-state index contributed by atoms with van der Waals surface area (Å²) in [6.45, 7) is 6.16. The Hall–Kier alpha value is -6.22. The van der Waals surface area contributed by atoms with Crippen LogP contribution >= 0.6 is 11.3 Å². The first-order chi connectivity index (χ1) is 25.2. The Balaban J connectivity index is 1.39. The molecule has 0 saturated carbocycles. The second-order valence-electron chi connectivity index (χ2n) is 13.0. The van der Waals surface area contributed by atoms with Crippen LogP contribution in [0.15, 0.2) is 189 Å². The maximum Gasteiger partial charge on any atom is 0.109 e. The van der Waals surface area contributed by atoms with Crippen LogP contribution in [0.25, 0.3) is 86.5 Å². The first-order valence-corrected chi connectivity index (χ1v) is 18.2. The highest BCUT2D eigenvalue weighted by molar-refractivity contribution is 7.19. The Kier molecular flexibility index (Phi) is 7.80. The van der Waals surface area contributed by atoms with Gasteiger partial charge in [-0.1, -0.05) is 170 Å². The number of hydrogen-bond donors (Lipinski definition) is 0. The Bertz CT molecular complexity index is 2780. The maximum atomic E-state index is 3.92. The minimum Gasteiger partial charge on any atom is -0.307 e. The smallest absolute Gasteiger partial charge is 0.109 e. The minimum atomic E-state index is 1.19. The van der Waals surface area contributed by atoms with Crippen LogP contribution in [0.5, 0.6) is 0 Å². The van der Waals surface area contributed by atoms with Crippen LogP contribution in [0.2, 0.25) is 0 Å². The molecule has 9 aromatic rings. The first kappa shape index (κ1) is 30.8. The fourth-order valence-corrected chi connectivity index (χ4v) is 9.02. The number of para-hydroxylation sites is 1. The maximum absolute atomic E-state index is 3.92. The predicted molar refractivity (Wildman–Crippen MR) is 223 cm³/mol. The van der Waals surface area contributed by atoms with Gasteiger partial charge < -0.3 is 4.57 Å². The van der Waals surface area contributed by atoms with Gasteiger partial charge in [0.05, 0.1) is 5.52 Å². The van der Waals surface area contributed by atoms with Crippen LogP contribution in [-0.2, 0) is 0 Å². The fourth-order valence-electron chi connectivity index (χ4n) is 7.65. The van der Waals surface area contributed by atoms with E-state index in [0.29, 0.717) is 0 Å². The van der Waals surface area contributed by atoms with Crippen LogP contribution < -0.4 is 0 Å². The highest BCUT2D eigenvalue weighted by Crippen LogP contribution is 2.50. The van der Waals surface area contributed by atoms with Gasteiger partial charge in [-0.25, -0.2) is 0 Å². The second kappa shape index (κ2) is 12.9. The predicted octanol–water partition coefficient (Wildman–Crippen LogP) is 14.3. The van der Waals surface area contributed by atoms with Gasteiger partial charge in [0, 0.05) is 33.2 Å². The molecule has 0 aliphatic rings. The topological polar surface area (TPSA) is 4.93 Å². The molecule has 0 radical (unpaired) electrons. The molecule has 9 rings (SSSR count). The highest BCUT2D eigenvalue weighted by atomic mass is 32.1. The summed E-state index contributed by atoms with van der Waals surface area (Å²) in [5.74, 6) is 0. The summed E-state index contributed by atoms with van der Waals surface area (Å²) >= 11 is 1.87. The van der Waals surface area contributed by atoms with Crippen molar-refractivity contribution in [2.75, 3.05) is 0 Å². The third kappa shape index (κ3) is 5.24. The summed E-state index contributed by atoms with van der Waals surface area (Å²) in [4.78, 5) is 1.25. The largest absolute Gasteiger partial charge is 0.307 e. The van der Waals surface area contributed by atoms with E-state index in [1.807, 2.05) is 23.5 Å². The molecule has 2 heteroatoms. The fraction of sp³-hybridized carbons (Fsp3) is 0.0204. The van der Waals surface area contributed by atoms with E-state index >= 15 is 0 Å². The summed E-state index contributed by atoms with van der Waals surface area (Å²) in [5, 5.41) is 10.1. The molecule has 0 fully saturated rings. The van der Waals surface area contributed by atoms with Crippen LogP contribution in [-0.4, -0.2) is 4.57 Å². The first-order valence-electron chi connectivity index (χ1n) is 17.4. The van der Waals surface area contributed by atoms with E-state index in [1.165, 1.54) is 92.1 Å². The molecule has 2 aromatic heterocycles. The van der Waals surface area contributed by atoms with Gasteiger partial charge in [-0.15, -0.1) is 11.3 Å². The number of aromatic nitrogens is 1. The van der Waals surface area contributed by atoms with Gasteiger partial charge >= 0.3 is 0 Å². The van der Waals surface area contributed by atoms with Gasteiger partial charge in [-0.3, -0.25) is 0 Å². The van der Waals surface area contributed by atoms with Crippen molar-refractivity contribution in [3.8, 4) is 37.7 Å². The molecular formula is C49H35NS. The van der Waals surface area contributed by atoms with E-state index in [4.69, 9.17) is 0 Å². The van der Waals surface area contributed by atoms with Gasteiger partial charge in [0.25, 0.3) is 0 Å². The molecule has 0 bridgehead atoms. The van der Waals surface area contributed by atoms with Crippen LogP contribution in [0.1, 0.15) is 12.5 Å². The van der Waals surface area contributed by atoms with Crippen molar-refractivity contribution >= 4 is 60.1 Å². The van der Waals surface area contributed by atoms with Crippen molar-refractivity contribution in [1.82, 2.24) is 4.57 Å². The van der Waals surface area contributed by atoms with E-state index in [2.05, 4.69) is 188 Å². The number of fused-ring (bicyclic) bond motifs is 7. The third-order valence-electron chi connectivity index (χ3n) is 9.96. The van der Waals surface area contributed by atoms with Crippen LogP contribution in [0.4, 0.5) is 0 Å². The Morgan fingerprint density at radius 1 is 0.549 bits per heavy atom. The lowest BCUT2D eigenvalue weighted by Gasteiger charge is -2.13. The van der Waals surface area contributed by atoms with E-state index < -0.39 is 0 Å². The van der Waals surface area contributed by atoms with Crippen molar-refractivity contribution in [3.63, 3.8) is 0 Å². The average Bonchev–Trinajstić information content (AvgIpc) is 3.78. The summed E-state index contributed by atoms with van der Waals surface area (Å²) in [6.07, 6.45) is 10.5. The van der Waals surface area contributed by atoms with Crippen molar-refractivity contribution in [2.45, 2.75) is 6.92 Å². The molecule has 242 valence electrons. The van der Waals surface area contributed by atoms with Gasteiger partial charge in [0.15, 0.2) is 0 Å². The molecule has 7 aromatic carbocycles. The normalized spacial score (nSPS) is 12.1. The van der Waals surface area contributed by atoms with Crippen molar-refractivity contribution in [3.05, 3.63) is 194 Å². The van der Waals surface area contributed by atoms with Gasteiger partial charge in [0.1, 0.15) is 5.00 Å². The minimum absolute atomic E-state index is 1.19. The zero-order valence-corrected chi connectivity index (χ0v) is 29.2. The number of benzene rings is 7.